The fourth-order valence-corrected chi connectivity index (χ4v) is 0.976. The third-order valence-corrected chi connectivity index (χ3v) is 1.73. The van der Waals surface area contributed by atoms with Crippen molar-refractivity contribution < 1.29 is 4.58 Å². The number of allylic oxidation sites excluding steroid dienone is 1. The number of hydrogen-bond acceptors (Lipinski definition) is 5. The van der Waals surface area contributed by atoms with E-state index >= 15 is 0 Å². The topological polar surface area (TPSA) is 101 Å². The monoisotopic (exact) mass is 209 g/mol. The third-order valence-electron chi connectivity index (χ3n) is 1.73. The lowest BCUT2D eigenvalue weighted by Crippen LogP contribution is -2.17. The van der Waals surface area contributed by atoms with Gasteiger partial charge >= 0.3 is 5.71 Å². The molecule has 6 nitrogen and oxygen atoms in total. The molecule has 0 aromatic heterocycles. The summed E-state index contributed by atoms with van der Waals surface area (Å²) < 4.78 is 1.31. The Hall–Kier alpha value is -3.13. The average molecular weight is 209 g/mol. The maximum atomic E-state index is 8.64. The maximum Gasteiger partial charge on any atom is 0.367 e. The van der Waals surface area contributed by atoms with Gasteiger partial charge in [-0.1, -0.05) is 0 Å². The molecule has 0 aromatic carbocycles. The van der Waals surface area contributed by atoms with Crippen LogP contribution in [0.5, 0.6) is 0 Å². The first kappa shape index (κ1) is 10.9. The Morgan fingerprint density at radius 1 is 1.06 bits per heavy atom. The van der Waals surface area contributed by atoms with Crippen molar-refractivity contribution in [2.45, 2.75) is 0 Å². The zero-order chi connectivity index (χ0) is 12.0. The maximum absolute atomic E-state index is 8.64. The first-order valence-electron chi connectivity index (χ1n) is 4.07. The van der Waals surface area contributed by atoms with Gasteiger partial charge in [-0.2, -0.15) is 15.8 Å². The molecule has 0 spiro atoms. The molecule has 74 valence electrons. The minimum atomic E-state index is -0.0792. The van der Waals surface area contributed by atoms with Crippen LogP contribution in [0, 0.1) is 39.4 Å². The minimum absolute atomic E-state index is 0.0163. The second kappa shape index (κ2) is 4.93. The molecule has 0 aliphatic carbocycles. The molecule has 16 heavy (non-hydrogen) atoms. The van der Waals surface area contributed by atoms with Gasteiger partial charge in [-0.3, -0.25) is 10.3 Å². The van der Waals surface area contributed by atoms with Crippen molar-refractivity contribution in [1.29, 1.82) is 21.2 Å². The van der Waals surface area contributed by atoms with Gasteiger partial charge in [0.1, 0.15) is 6.07 Å². The van der Waals surface area contributed by atoms with Crippen LogP contribution in [0.3, 0.4) is 0 Å². The minimum Gasteiger partial charge on any atom is -0.295 e. The number of nitrogens with zero attached hydrogens (tertiary/aromatic N) is 5. The molecule has 0 amide bonds. The molecular weight excluding hydrogens is 204 g/mol. The summed E-state index contributed by atoms with van der Waals surface area (Å²) in [7, 11) is 0. The standard InChI is InChI=1S/C10H5N6/c11-5-9(6-12)15-1-2-16(4-3-15)10(7-13)8-14/h1-4,11H/q+1. The molecule has 0 bridgehead atoms. The Morgan fingerprint density at radius 2 is 1.62 bits per heavy atom. The molecule has 1 heterocycles. The van der Waals surface area contributed by atoms with E-state index < -0.39 is 0 Å². The van der Waals surface area contributed by atoms with Gasteiger partial charge in [-0.05, 0) is 0 Å². The lowest BCUT2D eigenvalue weighted by molar-refractivity contribution is -0.379. The summed E-state index contributed by atoms with van der Waals surface area (Å²) in [5, 5.41) is 32.7. The van der Waals surface area contributed by atoms with Crippen LogP contribution in [-0.4, -0.2) is 21.1 Å². The van der Waals surface area contributed by atoms with Crippen LogP contribution in [-0.2, 0) is 0 Å². The number of nitrogens with one attached hydrogen (secondary N) is 1. The third kappa shape index (κ3) is 2.02. The molecule has 0 fully saturated rings. The molecule has 1 aliphatic rings. The molecule has 0 unspecified atom stereocenters. The van der Waals surface area contributed by atoms with Crippen molar-refractivity contribution in [3.63, 3.8) is 0 Å². The van der Waals surface area contributed by atoms with Crippen molar-refractivity contribution in [3.8, 4) is 18.2 Å². The van der Waals surface area contributed by atoms with E-state index in [1.807, 2.05) is 5.87 Å². The second-order valence-electron chi connectivity index (χ2n) is 2.57. The second-order valence-corrected chi connectivity index (χ2v) is 2.57. The molecule has 6 heteroatoms. The Morgan fingerprint density at radius 3 is 2.00 bits per heavy atom. The summed E-state index contributed by atoms with van der Waals surface area (Å²) >= 11 is 0. The molecule has 0 saturated carbocycles. The predicted molar refractivity (Wildman–Crippen MR) is 53.5 cm³/mol. The van der Waals surface area contributed by atoms with Gasteiger partial charge in [-0.25, -0.2) is 0 Å². The van der Waals surface area contributed by atoms with Crippen LogP contribution in [0.2, 0.25) is 0 Å². The van der Waals surface area contributed by atoms with Crippen molar-refractivity contribution in [3.05, 3.63) is 30.5 Å². The Bertz CT molecular complexity index is 534. The van der Waals surface area contributed by atoms with Crippen LogP contribution in [0.4, 0.5) is 0 Å². The average Bonchev–Trinajstić information content (AvgIpc) is 2.34. The van der Waals surface area contributed by atoms with Crippen molar-refractivity contribution >= 4 is 11.6 Å². The van der Waals surface area contributed by atoms with E-state index in [9.17, 15) is 0 Å². The Kier molecular flexibility index (Phi) is 3.37. The normalized spacial score (nSPS) is 12.1. The largest absolute Gasteiger partial charge is 0.367 e. The van der Waals surface area contributed by atoms with Gasteiger partial charge in [0.05, 0.1) is 12.4 Å². The smallest absolute Gasteiger partial charge is 0.295 e. The molecule has 1 rings (SSSR count). The van der Waals surface area contributed by atoms with Crippen molar-refractivity contribution in [2.75, 3.05) is 0 Å². The van der Waals surface area contributed by atoms with E-state index in [0.29, 0.717) is 0 Å². The van der Waals surface area contributed by atoms with Crippen molar-refractivity contribution in [2.24, 2.45) is 0 Å². The van der Waals surface area contributed by atoms with Gasteiger partial charge in [0.15, 0.2) is 30.2 Å². The van der Waals surface area contributed by atoms with Crippen LogP contribution < -0.4 is 0 Å². The van der Waals surface area contributed by atoms with Crippen LogP contribution in [0.15, 0.2) is 30.5 Å². The highest BCUT2D eigenvalue weighted by molar-refractivity contribution is 6.06. The van der Waals surface area contributed by atoms with E-state index in [2.05, 4.69) is 0 Å². The Balaban J connectivity index is 3.06. The first-order chi connectivity index (χ1) is 7.76. The van der Waals surface area contributed by atoms with Crippen LogP contribution >= 0.6 is 0 Å². The fraction of sp³-hybridized carbons (Fsp3) is 0. The molecule has 1 N–H and O–H groups in total. The summed E-state index contributed by atoms with van der Waals surface area (Å²) in [4.78, 5) is 1.36. The molecule has 0 radical (unpaired) electrons. The highest BCUT2D eigenvalue weighted by Crippen LogP contribution is 2.06. The van der Waals surface area contributed by atoms with Crippen molar-refractivity contribution in [1.82, 2.24) is 4.90 Å². The van der Waals surface area contributed by atoms with E-state index in [1.165, 1.54) is 34.3 Å². The van der Waals surface area contributed by atoms with E-state index in [1.54, 1.807) is 18.2 Å². The van der Waals surface area contributed by atoms with Gasteiger partial charge in [0.2, 0.25) is 0 Å². The van der Waals surface area contributed by atoms with Gasteiger partial charge in [0, 0.05) is 5.87 Å². The zero-order valence-corrected chi connectivity index (χ0v) is 8.05. The highest BCUT2D eigenvalue weighted by atomic mass is 15.2. The Labute approximate surface area is 91.7 Å². The fourth-order valence-electron chi connectivity index (χ4n) is 0.976. The first-order valence-corrected chi connectivity index (χ1v) is 4.07. The van der Waals surface area contributed by atoms with E-state index in [-0.39, 0.29) is 11.4 Å². The van der Waals surface area contributed by atoms with E-state index in [4.69, 9.17) is 21.2 Å². The number of hydrogen-bond donors (Lipinski definition) is 1. The van der Waals surface area contributed by atoms with E-state index in [0.717, 1.165) is 0 Å². The SMILES string of the molecule is N#CC(=C=N)N1C=C[N+](=C(C#N)C#N)C=C1. The van der Waals surface area contributed by atoms with Crippen LogP contribution in [0.1, 0.15) is 0 Å². The lowest BCUT2D eigenvalue weighted by atomic mass is 10.4. The number of nitriles is 3. The van der Waals surface area contributed by atoms with Crippen LogP contribution in [0.25, 0.3) is 0 Å². The summed E-state index contributed by atoms with van der Waals surface area (Å²) in [5.41, 5.74) is -0.0629. The summed E-state index contributed by atoms with van der Waals surface area (Å²) in [6, 6.07) is 5.24. The molecule has 1 aliphatic heterocycles. The molecular formula is C10H5N6+. The van der Waals surface area contributed by atoms with Gasteiger partial charge in [0.25, 0.3) is 0 Å². The van der Waals surface area contributed by atoms with Gasteiger partial charge < -0.3 is 0 Å². The molecule has 0 aromatic rings. The lowest BCUT2D eigenvalue weighted by Gasteiger charge is -2.11. The summed E-state index contributed by atoms with van der Waals surface area (Å²) in [5.74, 6) is 1.97. The molecule has 0 saturated heterocycles. The predicted octanol–water partition coefficient (Wildman–Crippen LogP) is 0.401. The molecule has 0 atom stereocenters. The number of rotatable bonds is 1. The summed E-state index contributed by atoms with van der Waals surface area (Å²) in [6.45, 7) is 0. The zero-order valence-electron chi connectivity index (χ0n) is 8.05. The highest BCUT2D eigenvalue weighted by Gasteiger charge is 2.15. The summed E-state index contributed by atoms with van der Waals surface area (Å²) in [6.07, 6.45) is 5.79. The quantitative estimate of drug-likeness (QED) is 0.383. The van der Waals surface area contributed by atoms with Gasteiger partial charge in [-0.15, -0.1) is 4.58 Å².